The monoisotopic (exact) mass is 327 g/mol. The van der Waals surface area contributed by atoms with E-state index in [1.54, 1.807) is 0 Å². The van der Waals surface area contributed by atoms with Gasteiger partial charge in [-0.3, -0.25) is 4.90 Å². The first-order chi connectivity index (χ1) is 11.8. The minimum atomic E-state index is 0.228. The quantitative estimate of drug-likeness (QED) is 0.865. The van der Waals surface area contributed by atoms with Crippen LogP contribution in [0, 0.1) is 6.92 Å². The molecule has 2 saturated heterocycles. The van der Waals surface area contributed by atoms with E-state index in [4.69, 9.17) is 9.47 Å². The molecular weight excluding hydrogens is 302 g/mol. The number of rotatable bonds is 4. The second-order valence-corrected chi connectivity index (χ2v) is 6.78. The van der Waals surface area contributed by atoms with Gasteiger partial charge in [0.2, 0.25) is 0 Å². The molecule has 0 radical (unpaired) electrons. The minimum Gasteiger partial charge on any atom is -0.375 e. The number of benzene rings is 1. The van der Waals surface area contributed by atoms with E-state index in [1.165, 1.54) is 17.5 Å². The van der Waals surface area contributed by atoms with Crippen LogP contribution in [0.2, 0.25) is 0 Å². The van der Waals surface area contributed by atoms with E-state index in [2.05, 4.69) is 35.0 Å². The normalized spacial score (nSPS) is 25.2. The summed E-state index contributed by atoms with van der Waals surface area (Å²) in [6, 6.07) is 6.64. The number of ether oxygens (including phenoxy) is 2. The average Bonchev–Trinajstić information content (AvgIpc) is 3.31. The summed E-state index contributed by atoms with van der Waals surface area (Å²) in [7, 11) is 0. The molecule has 2 aliphatic rings. The largest absolute Gasteiger partial charge is 0.375 e. The average molecular weight is 327 g/mol. The molecule has 1 aromatic carbocycles. The van der Waals surface area contributed by atoms with Crippen molar-refractivity contribution >= 4 is 0 Å². The van der Waals surface area contributed by atoms with Gasteiger partial charge in [0, 0.05) is 44.3 Å². The highest BCUT2D eigenvalue weighted by molar-refractivity contribution is 5.40. The lowest BCUT2D eigenvalue weighted by molar-refractivity contribution is -0.0960. The second kappa shape index (κ2) is 7.05. The van der Waals surface area contributed by atoms with Crippen molar-refractivity contribution in [3.8, 4) is 5.69 Å². The van der Waals surface area contributed by atoms with Gasteiger partial charge in [-0.25, -0.2) is 4.98 Å². The Morgan fingerprint density at radius 1 is 1.21 bits per heavy atom. The van der Waals surface area contributed by atoms with Crippen LogP contribution >= 0.6 is 0 Å². The molecule has 0 amide bonds. The summed E-state index contributed by atoms with van der Waals surface area (Å²) in [5, 5.41) is 0. The van der Waals surface area contributed by atoms with Crippen LogP contribution in [0.4, 0.5) is 0 Å². The molecule has 3 heterocycles. The van der Waals surface area contributed by atoms with Gasteiger partial charge in [-0.15, -0.1) is 0 Å². The maximum atomic E-state index is 5.95. The van der Waals surface area contributed by atoms with Crippen molar-refractivity contribution in [1.29, 1.82) is 0 Å². The van der Waals surface area contributed by atoms with Crippen molar-refractivity contribution in [3.05, 3.63) is 48.0 Å². The van der Waals surface area contributed by atoms with Gasteiger partial charge in [0.1, 0.15) is 0 Å². The van der Waals surface area contributed by atoms with E-state index in [1.807, 2.05) is 23.3 Å². The summed E-state index contributed by atoms with van der Waals surface area (Å²) >= 11 is 0. The first kappa shape index (κ1) is 15.8. The zero-order valence-electron chi connectivity index (χ0n) is 14.2. The molecule has 1 aromatic heterocycles. The zero-order valence-corrected chi connectivity index (χ0v) is 14.2. The predicted octanol–water partition coefficient (Wildman–Crippen LogP) is 2.56. The van der Waals surface area contributed by atoms with Crippen LogP contribution in [0.3, 0.4) is 0 Å². The van der Waals surface area contributed by atoms with E-state index in [0.29, 0.717) is 0 Å². The lowest BCUT2D eigenvalue weighted by atomic mass is 10.1. The maximum absolute atomic E-state index is 5.95. The second-order valence-electron chi connectivity index (χ2n) is 6.78. The van der Waals surface area contributed by atoms with Crippen molar-refractivity contribution < 1.29 is 9.47 Å². The van der Waals surface area contributed by atoms with Crippen LogP contribution in [-0.4, -0.2) is 53.0 Å². The summed E-state index contributed by atoms with van der Waals surface area (Å²) < 4.78 is 13.8. The topological polar surface area (TPSA) is 39.5 Å². The van der Waals surface area contributed by atoms with E-state index in [-0.39, 0.29) is 12.2 Å². The summed E-state index contributed by atoms with van der Waals surface area (Å²) in [5.74, 6) is 0. The highest BCUT2D eigenvalue weighted by Gasteiger charge is 2.31. The molecule has 2 aromatic rings. The molecule has 0 unspecified atom stereocenters. The molecule has 24 heavy (non-hydrogen) atoms. The summed E-state index contributed by atoms with van der Waals surface area (Å²) in [4.78, 5) is 6.61. The van der Waals surface area contributed by atoms with Crippen molar-refractivity contribution in [2.75, 3.05) is 26.3 Å². The van der Waals surface area contributed by atoms with Gasteiger partial charge in [0.05, 0.1) is 25.1 Å². The van der Waals surface area contributed by atoms with Crippen LogP contribution in [0.25, 0.3) is 5.69 Å². The molecule has 0 aliphatic carbocycles. The lowest BCUT2D eigenvalue weighted by Crippen LogP contribution is -2.47. The van der Waals surface area contributed by atoms with E-state index < -0.39 is 0 Å². The number of hydrogen-bond donors (Lipinski definition) is 0. The third-order valence-corrected chi connectivity index (χ3v) is 5.08. The zero-order chi connectivity index (χ0) is 16.4. The number of aromatic nitrogens is 2. The standard InChI is InChI=1S/C19H25N3O2/c1-15-11-17(22-7-6-20-14-22)5-4-16(15)12-21-8-10-24-19(13-21)18-3-2-9-23-18/h4-7,11,14,18-19H,2-3,8-10,12-13H2,1H3/t18-,19+/m0/s1. The number of hydrogen-bond acceptors (Lipinski definition) is 4. The van der Waals surface area contributed by atoms with E-state index >= 15 is 0 Å². The Bertz CT molecular complexity index is 665. The van der Waals surface area contributed by atoms with Crippen molar-refractivity contribution in [1.82, 2.24) is 14.5 Å². The molecule has 2 fully saturated rings. The molecule has 128 valence electrons. The first-order valence-corrected chi connectivity index (χ1v) is 8.83. The Labute approximate surface area is 143 Å². The third kappa shape index (κ3) is 3.38. The van der Waals surface area contributed by atoms with Crippen LogP contribution in [-0.2, 0) is 16.0 Å². The minimum absolute atomic E-state index is 0.228. The van der Waals surface area contributed by atoms with Gasteiger partial charge in [-0.2, -0.15) is 0 Å². The molecule has 4 rings (SSSR count). The van der Waals surface area contributed by atoms with Crippen molar-refractivity contribution in [2.24, 2.45) is 0 Å². The van der Waals surface area contributed by atoms with Gasteiger partial charge in [-0.05, 0) is 43.0 Å². The molecule has 2 aliphatic heterocycles. The summed E-state index contributed by atoms with van der Waals surface area (Å²) in [5.41, 5.74) is 3.86. The lowest BCUT2D eigenvalue weighted by Gasteiger charge is -2.35. The molecule has 0 bridgehead atoms. The van der Waals surface area contributed by atoms with Crippen LogP contribution in [0.1, 0.15) is 24.0 Å². The first-order valence-electron chi connectivity index (χ1n) is 8.83. The van der Waals surface area contributed by atoms with Gasteiger partial charge >= 0.3 is 0 Å². The highest BCUT2D eigenvalue weighted by atomic mass is 16.5. The summed E-state index contributed by atoms with van der Waals surface area (Å²) in [6.07, 6.45) is 8.44. The SMILES string of the molecule is Cc1cc(-n2ccnc2)ccc1CN1CCO[C@@H]([C@@H]2CCCO2)C1. The number of aryl methyl sites for hydroxylation is 1. The maximum Gasteiger partial charge on any atom is 0.0991 e. The summed E-state index contributed by atoms with van der Waals surface area (Å²) in [6.45, 7) is 6.81. The van der Waals surface area contributed by atoms with Gasteiger partial charge in [-0.1, -0.05) is 6.07 Å². The Hall–Kier alpha value is -1.69. The fraction of sp³-hybridized carbons (Fsp3) is 0.526. The van der Waals surface area contributed by atoms with Crippen LogP contribution in [0.5, 0.6) is 0 Å². The van der Waals surface area contributed by atoms with E-state index in [9.17, 15) is 0 Å². The Morgan fingerprint density at radius 3 is 2.88 bits per heavy atom. The van der Waals surface area contributed by atoms with Crippen LogP contribution in [0.15, 0.2) is 36.9 Å². The van der Waals surface area contributed by atoms with Gasteiger partial charge in [0.25, 0.3) is 0 Å². The Balaban J connectivity index is 1.43. The van der Waals surface area contributed by atoms with Crippen LogP contribution < -0.4 is 0 Å². The Morgan fingerprint density at radius 2 is 2.12 bits per heavy atom. The molecule has 2 atom stereocenters. The smallest absolute Gasteiger partial charge is 0.0991 e. The fourth-order valence-corrected chi connectivity index (χ4v) is 3.67. The molecule has 0 N–H and O–H groups in total. The predicted molar refractivity (Wildman–Crippen MR) is 92.3 cm³/mol. The molecule has 5 heteroatoms. The van der Waals surface area contributed by atoms with Gasteiger partial charge in [0.15, 0.2) is 0 Å². The molecule has 0 saturated carbocycles. The molecule has 5 nitrogen and oxygen atoms in total. The number of imidazole rings is 1. The number of nitrogens with zero attached hydrogens (tertiary/aromatic N) is 3. The fourth-order valence-electron chi connectivity index (χ4n) is 3.67. The molecular formula is C19H25N3O2. The van der Waals surface area contributed by atoms with E-state index in [0.717, 1.165) is 45.0 Å². The van der Waals surface area contributed by atoms with Crippen molar-refractivity contribution in [3.63, 3.8) is 0 Å². The third-order valence-electron chi connectivity index (χ3n) is 5.08. The number of morpholine rings is 1. The highest BCUT2D eigenvalue weighted by Crippen LogP contribution is 2.23. The molecule has 0 spiro atoms. The Kier molecular flexibility index (Phi) is 4.65. The van der Waals surface area contributed by atoms with Gasteiger partial charge < -0.3 is 14.0 Å². The van der Waals surface area contributed by atoms with Crippen molar-refractivity contribution in [2.45, 2.75) is 38.5 Å².